The van der Waals surface area contributed by atoms with Crippen LogP contribution in [0.4, 0.5) is 10.1 Å². The zero-order valence-electron chi connectivity index (χ0n) is 17.1. The maximum absolute atomic E-state index is 13.2. The lowest BCUT2D eigenvalue weighted by Crippen LogP contribution is -2.45. The maximum Gasteiger partial charge on any atom is 0.339 e. The lowest BCUT2D eigenvalue weighted by molar-refractivity contribution is -0.117. The van der Waals surface area contributed by atoms with Crippen LogP contribution in [0.3, 0.4) is 0 Å². The smallest absolute Gasteiger partial charge is 0.339 e. The predicted molar refractivity (Wildman–Crippen MR) is 117 cm³/mol. The zero-order valence-corrected chi connectivity index (χ0v) is 17.9. The van der Waals surface area contributed by atoms with Gasteiger partial charge in [-0.15, -0.1) is 0 Å². The highest BCUT2D eigenvalue weighted by atomic mass is 32.2. The number of nitrogens with one attached hydrogen (secondary N) is 2. The Hall–Kier alpha value is -3.56. The third-order valence-electron chi connectivity index (χ3n) is 4.61. The Morgan fingerprint density at radius 2 is 1.56 bits per heavy atom. The van der Waals surface area contributed by atoms with Crippen LogP contribution in [-0.2, 0) is 26.0 Å². The minimum atomic E-state index is -4.13. The number of ether oxygens (including phenoxy) is 1. The first-order valence-electron chi connectivity index (χ1n) is 9.60. The van der Waals surface area contributed by atoms with E-state index in [0.717, 1.165) is 29.8 Å². The number of halogens is 1. The van der Waals surface area contributed by atoms with Crippen LogP contribution < -0.4 is 10.0 Å². The van der Waals surface area contributed by atoms with Crippen LogP contribution in [-0.4, -0.2) is 33.4 Å². The fourth-order valence-corrected chi connectivity index (χ4v) is 4.20. The zero-order chi connectivity index (χ0) is 23.1. The minimum absolute atomic E-state index is 0.0491. The first-order chi connectivity index (χ1) is 15.3. The molecule has 0 aliphatic rings. The standard InChI is InChI=1S/C23H21FN2O5S/c1-31-23(28)19-9-5-6-10-20(19)25-22(27)21(15-16-7-3-2-4-8-16)26-32(29,30)18-13-11-17(24)12-14-18/h2-14,21,26H,15H2,1H3,(H,25,27). The average molecular weight is 456 g/mol. The second-order valence-corrected chi connectivity index (χ2v) is 8.56. The van der Waals surface area contributed by atoms with E-state index in [1.165, 1.54) is 19.2 Å². The fraction of sp³-hybridized carbons (Fsp3) is 0.130. The van der Waals surface area contributed by atoms with Crippen LogP contribution >= 0.6 is 0 Å². The number of hydrogen-bond donors (Lipinski definition) is 2. The molecule has 3 aromatic carbocycles. The van der Waals surface area contributed by atoms with E-state index in [-0.39, 0.29) is 22.6 Å². The van der Waals surface area contributed by atoms with Crippen LogP contribution in [0.15, 0.2) is 83.8 Å². The molecule has 166 valence electrons. The highest BCUT2D eigenvalue weighted by molar-refractivity contribution is 7.89. The van der Waals surface area contributed by atoms with Gasteiger partial charge in [-0.25, -0.2) is 17.6 Å². The lowest BCUT2D eigenvalue weighted by atomic mass is 10.1. The third-order valence-corrected chi connectivity index (χ3v) is 6.10. The third kappa shape index (κ3) is 5.77. The van der Waals surface area contributed by atoms with Gasteiger partial charge in [-0.05, 0) is 48.4 Å². The number of benzene rings is 3. The van der Waals surface area contributed by atoms with E-state index < -0.39 is 33.8 Å². The molecule has 7 nitrogen and oxygen atoms in total. The Balaban J connectivity index is 1.90. The van der Waals surface area contributed by atoms with Crippen molar-refractivity contribution in [3.8, 4) is 0 Å². The van der Waals surface area contributed by atoms with Gasteiger partial charge < -0.3 is 10.1 Å². The van der Waals surface area contributed by atoms with E-state index in [1.807, 2.05) is 0 Å². The molecule has 0 aliphatic carbocycles. The summed E-state index contributed by atoms with van der Waals surface area (Å²) in [5.41, 5.74) is 1.03. The number of hydrogen-bond acceptors (Lipinski definition) is 5. The molecule has 1 atom stereocenters. The molecule has 0 heterocycles. The molecule has 1 amide bonds. The molecule has 3 rings (SSSR count). The van der Waals surface area contributed by atoms with Gasteiger partial charge in [0.15, 0.2) is 0 Å². The van der Waals surface area contributed by atoms with E-state index >= 15 is 0 Å². The number of carbonyl (C=O) groups is 2. The molecule has 9 heteroatoms. The van der Waals surface area contributed by atoms with E-state index in [4.69, 9.17) is 4.74 Å². The number of sulfonamides is 1. The van der Waals surface area contributed by atoms with E-state index in [1.54, 1.807) is 42.5 Å². The van der Waals surface area contributed by atoms with Crippen molar-refractivity contribution in [2.24, 2.45) is 0 Å². The Labute approximate surface area is 185 Å². The Kier molecular flexibility index (Phi) is 7.34. The monoisotopic (exact) mass is 456 g/mol. The van der Waals surface area contributed by atoms with Gasteiger partial charge in [0.2, 0.25) is 15.9 Å². The summed E-state index contributed by atoms with van der Waals surface area (Å²) >= 11 is 0. The lowest BCUT2D eigenvalue weighted by Gasteiger charge is -2.19. The first kappa shape index (κ1) is 23.1. The number of amides is 1. The van der Waals surface area contributed by atoms with E-state index in [0.29, 0.717) is 0 Å². The van der Waals surface area contributed by atoms with Crippen molar-refractivity contribution in [2.75, 3.05) is 12.4 Å². The highest BCUT2D eigenvalue weighted by Crippen LogP contribution is 2.18. The van der Waals surface area contributed by atoms with Gasteiger partial charge in [0.05, 0.1) is 23.3 Å². The molecule has 0 saturated carbocycles. The predicted octanol–water partition coefficient (Wildman–Crippen LogP) is 3.14. The molecular weight excluding hydrogens is 435 g/mol. The topological polar surface area (TPSA) is 102 Å². The van der Waals surface area contributed by atoms with Crippen LogP contribution in [0.25, 0.3) is 0 Å². The largest absolute Gasteiger partial charge is 0.465 e. The molecule has 0 fully saturated rings. The summed E-state index contributed by atoms with van der Waals surface area (Å²) in [6.45, 7) is 0. The normalized spacial score (nSPS) is 12.1. The average Bonchev–Trinajstić information content (AvgIpc) is 2.79. The Morgan fingerprint density at radius 3 is 2.22 bits per heavy atom. The van der Waals surface area contributed by atoms with Gasteiger partial charge in [0, 0.05) is 0 Å². The van der Waals surface area contributed by atoms with E-state index in [2.05, 4.69) is 10.0 Å². The second kappa shape index (κ2) is 10.2. The molecule has 2 N–H and O–H groups in total. The van der Waals surface area contributed by atoms with Gasteiger partial charge in [0.1, 0.15) is 11.9 Å². The van der Waals surface area contributed by atoms with Crippen molar-refractivity contribution in [3.05, 3.63) is 95.8 Å². The summed E-state index contributed by atoms with van der Waals surface area (Å²) in [6, 6.07) is 18.1. The maximum atomic E-state index is 13.2. The molecule has 1 unspecified atom stereocenters. The number of methoxy groups -OCH3 is 1. The van der Waals surface area contributed by atoms with Gasteiger partial charge in [-0.3, -0.25) is 4.79 Å². The summed E-state index contributed by atoms with van der Waals surface area (Å²) in [5, 5.41) is 2.60. The van der Waals surface area contributed by atoms with Crippen LogP contribution in [0.5, 0.6) is 0 Å². The number of esters is 1. The quantitative estimate of drug-likeness (QED) is 0.507. The Bertz CT molecular complexity index is 1200. The number of anilines is 1. The molecule has 0 bridgehead atoms. The molecule has 0 saturated heterocycles. The van der Waals surface area contributed by atoms with Crippen LogP contribution in [0.2, 0.25) is 0 Å². The molecule has 0 radical (unpaired) electrons. The number of para-hydroxylation sites is 1. The van der Waals surface area contributed by atoms with Crippen molar-refractivity contribution < 1.29 is 27.1 Å². The van der Waals surface area contributed by atoms with Gasteiger partial charge in [-0.1, -0.05) is 42.5 Å². The minimum Gasteiger partial charge on any atom is -0.465 e. The molecule has 32 heavy (non-hydrogen) atoms. The molecule has 0 spiro atoms. The summed E-state index contributed by atoms with van der Waals surface area (Å²) in [5.74, 6) is -1.90. The van der Waals surface area contributed by atoms with Crippen molar-refractivity contribution in [1.29, 1.82) is 0 Å². The van der Waals surface area contributed by atoms with Crippen molar-refractivity contribution >= 4 is 27.6 Å². The van der Waals surface area contributed by atoms with E-state index in [9.17, 15) is 22.4 Å². The second-order valence-electron chi connectivity index (χ2n) is 6.84. The fourth-order valence-electron chi connectivity index (χ4n) is 3.01. The van der Waals surface area contributed by atoms with Crippen molar-refractivity contribution in [2.45, 2.75) is 17.4 Å². The van der Waals surface area contributed by atoms with Gasteiger partial charge in [-0.2, -0.15) is 4.72 Å². The van der Waals surface area contributed by atoms with Crippen molar-refractivity contribution in [1.82, 2.24) is 4.72 Å². The van der Waals surface area contributed by atoms with Gasteiger partial charge >= 0.3 is 5.97 Å². The molecule has 0 aliphatic heterocycles. The summed E-state index contributed by atoms with van der Waals surface area (Å²) < 4.78 is 46.0. The number of rotatable bonds is 8. The number of carbonyl (C=O) groups excluding carboxylic acids is 2. The summed E-state index contributed by atoms with van der Waals surface area (Å²) in [4.78, 5) is 24.9. The van der Waals surface area contributed by atoms with Crippen molar-refractivity contribution in [3.63, 3.8) is 0 Å². The SMILES string of the molecule is COC(=O)c1ccccc1NC(=O)C(Cc1ccccc1)NS(=O)(=O)c1ccc(F)cc1. The van der Waals surface area contributed by atoms with Crippen LogP contribution in [0.1, 0.15) is 15.9 Å². The Morgan fingerprint density at radius 1 is 0.938 bits per heavy atom. The molecule has 3 aromatic rings. The molecular formula is C23H21FN2O5S. The first-order valence-corrected chi connectivity index (χ1v) is 11.1. The van der Waals surface area contributed by atoms with Crippen LogP contribution in [0, 0.1) is 5.82 Å². The van der Waals surface area contributed by atoms with Gasteiger partial charge in [0.25, 0.3) is 0 Å². The summed E-state index contributed by atoms with van der Waals surface area (Å²) in [6.07, 6.45) is 0.0491. The summed E-state index contributed by atoms with van der Waals surface area (Å²) in [7, 11) is -2.92. The molecule has 0 aromatic heterocycles. The highest BCUT2D eigenvalue weighted by Gasteiger charge is 2.27.